The van der Waals surface area contributed by atoms with Crippen molar-refractivity contribution in [1.29, 1.82) is 0 Å². The molecule has 1 amide bonds. The molecule has 0 saturated heterocycles. The largest absolute Gasteiger partial charge is 0.349 e. The van der Waals surface area contributed by atoms with Gasteiger partial charge < -0.3 is 11.1 Å². The van der Waals surface area contributed by atoms with Crippen LogP contribution in [0.3, 0.4) is 0 Å². The van der Waals surface area contributed by atoms with Crippen LogP contribution >= 0.6 is 11.3 Å². The first-order valence-electron chi connectivity index (χ1n) is 6.79. The molecule has 3 N–H and O–H groups in total. The van der Waals surface area contributed by atoms with Gasteiger partial charge in [0.25, 0.3) is 5.91 Å². The number of amides is 1. The lowest BCUT2D eigenvalue weighted by Crippen LogP contribution is -2.36. The Balaban J connectivity index is 1.93. The van der Waals surface area contributed by atoms with Crippen LogP contribution in [0, 0.1) is 17.8 Å². The Morgan fingerprint density at radius 2 is 2.32 bits per heavy atom. The fourth-order valence-corrected chi connectivity index (χ4v) is 3.28. The smallest absolute Gasteiger partial charge is 0.252 e. The zero-order valence-corrected chi connectivity index (χ0v) is 12.1. The zero-order valence-electron chi connectivity index (χ0n) is 11.2. The first kappa shape index (κ1) is 14.1. The lowest BCUT2D eigenvalue weighted by Gasteiger charge is -2.19. The highest BCUT2D eigenvalue weighted by molar-refractivity contribution is 7.10. The molecule has 0 bridgehead atoms. The van der Waals surface area contributed by atoms with E-state index in [0.29, 0.717) is 18.0 Å². The number of hydrogen-bond acceptors (Lipinski definition) is 3. The van der Waals surface area contributed by atoms with Crippen LogP contribution in [-0.2, 0) is 0 Å². The van der Waals surface area contributed by atoms with Crippen LogP contribution in [0.25, 0.3) is 0 Å². The summed E-state index contributed by atoms with van der Waals surface area (Å²) in [6.07, 6.45) is 5.06. The molecule has 1 atom stereocenters. The van der Waals surface area contributed by atoms with Crippen molar-refractivity contribution in [3.63, 3.8) is 0 Å². The maximum absolute atomic E-state index is 12.1. The van der Waals surface area contributed by atoms with Crippen molar-refractivity contribution in [3.05, 3.63) is 21.9 Å². The van der Waals surface area contributed by atoms with Gasteiger partial charge in [-0.25, -0.2) is 0 Å². The van der Waals surface area contributed by atoms with Gasteiger partial charge in [0, 0.05) is 11.4 Å². The van der Waals surface area contributed by atoms with Gasteiger partial charge in [-0.3, -0.25) is 4.79 Å². The van der Waals surface area contributed by atoms with Crippen LogP contribution in [0.1, 0.15) is 47.8 Å². The highest BCUT2D eigenvalue weighted by atomic mass is 32.1. The van der Waals surface area contributed by atoms with E-state index in [-0.39, 0.29) is 11.9 Å². The number of nitrogens with two attached hydrogens (primary N) is 1. The summed E-state index contributed by atoms with van der Waals surface area (Å²) in [4.78, 5) is 13.0. The van der Waals surface area contributed by atoms with E-state index in [9.17, 15) is 4.79 Å². The molecule has 0 spiro atoms. The second-order valence-corrected chi connectivity index (χ2v) is 5.92. The maximum Gasteiger partial charge on any atom is 0.252 e. The molecule has 1 unspecified atom stereocenters. The molecule has 3 nitrogen and oxygen atoms in total. The Kier molecular flexibility index (Phi) is 5.00. The summed E-state index contributed by atoms with van der Waals surface area (Å²) in [5, 5.41) is 4.96. The molecular formula is C15H20N2OS. The summed E-state index contributed by atoms with van der Waals surface area (Å²) in [7, 11) is 0. The van der Waals surface area contributed by atoms with Crippen molar-refractivity contribution in [1.82, 2.24) is 5.32 Å². The maximum atomic E-state index is 12.1. The van der Waals surface area contributed by atoms with Gasteiger partial charge in [0.15, 0.2) is 0 Å². The molecule has 0 aliphatic heterocycles. The highest BCUT2D eigenvalue weighted by Gasteiger charge is 2.23. The van der Waals surface area contributed by atoms with Crippen molar-refractivity contribution in [2.24, 2.45) is 11.7 Å². The van der Waals surface area contributed by atoms with Crippen LogP contribution in [0.2, 0.25) is 0 Å². The molecule has 1 aliphatic carbocycles. The molecule has 102 valence electrons. The molecule has 1 heterocycles. The second kappa shape index (κ2) is 6.74. The molecule has 0 aromatic carbocycles. The molecule has 2 rings (SSSR count). The van der Waals surface area contributed by atoms with Crippen molar-refractivity contribution in [2.45, 2.75) is 38.6 Å². The fraction of sp³-hybridized carbons (Fsp3) is 0.533. The number of carbonyl (C=O) groups excluding carboxylic acids is 1. The lowest BCUT2D eigenvalue weighted by atomic mass is 9.99. The number of nitrogens with one attached hydrogen (secondary N) is 1. The second-order valence-electron chi connectivity index (χ2n) is 5.01. The van der Waals surface area contributed by atoms with Crippen molar-refractivity contribution < 1.29 is 4.79 Å². The SMILES string of the molecule is CC(NC(=O)c1csc(C#CCN)c1)C1CCCC1. The van der Waals surface area contributed by atoms with Crippen LogP contribution in [-0.4, -0.2) is 18.5 Å². The van der Waals surface area contributed by atoms with Gasteiger partial charge >= 0.3 is 0 Å². The molecule has 1 saturated carbocycles. The summed E-state index contributed by atoms with van der Waals surface area (Å²) < 4.78 is 0. The zero-order chi connectivity index (χ0) is 13.7. The molecule has 4 heteroatoms. The quantitative estimate of drug-likeness (QED) is 0.833. The average Bonchev–Trinajstić information content (AvgIpc) is 3.07. The first-order chi connectivity index (χ1) is 9.20. The van der Waals surface area contributed by atoms with Gasteiger partial charge in [0.05, 0.1) is 17.0 Å². The van der Waals surface area contributed by atoms with Gasteiger partial charge in [-0.15, -0.1) is 11.3 Å². The van der Waals surface area contributed by atoms with E-state index in [1.165, 1.54) is 37.0 Å². The van der Waals surface area contributed by atoms with E-state index in [2.05, 4.69) is 24.1 Å². The minimum atomic E-state index is 0.0106. The predicted octanol–water partition coefficient (Wildman–Crippen LogP) is 2.37. The summed E-state index contributed by atoms with van der Waals surface area (Å²) in [5.41, 5.74) is 6.04. The Morgan fingerprint density at radius 3 is 3.00 bits per heavy atom. The van der Waals surface area contributed by atoms with E-state index in [4.69, 9.17) is 5.73 Å². The summed E-state index contributed by atoms with van der Waals surface area (Å²) in [5.74, 6) is 6.40. The third-order valence-electron chi connectivity index (χ3n) is 3.64. The van der Waals surface area contributed by atoms with Gasteiger partial charge in [-0.2, -0.15) is 0 Å². The number of thiophene rings is 1. The van der Waals surface area contributed by atoms with E-state index in [1.807, 2.05) is 11.4 Å². The minimum absolute atomic E-state index is 0.0106. The minimum Gasteiger partial charge on any atom is -0.349 e. The standard InChI is InChI=1S/C15H20N2OS/c1-11(12-5-2-3-6-12)17-15(18)13-9-14(19-10-13)7-4-8-16/h9-12H,2-3,5-6,8,16H2,1H3,(H,17,18). The van der Waals surface area contributed by atoms with E-state index >= 15 is 0 Å². The highest BCUT2D eigenvalue weighted by Crippen LogP contribution is 2.27. The van der Waals surface area contributed by atoms with Crippen LogP contribution in [0.4, 0.5) is 0 Å². The number of carbonyl (C=O) groups is 1. The Labute approximate surface area is 118 Å². The molecule has 1 fully saturated rings. The van der Waals surface area contributed by atoms with Crippen LogP contribution < -0.4 is 11.1 Å². The van der Waals surface area contributed by atoms with Gasteiger partial charge in [-0.1, -0.05) is 24.7 Å². The topological polar surface area (TPSA) is 55.1 Å². The van der Waals surface area contributed by atoms with Crippen molar-refractivity contribution >= 4 is 17.2 Å². The molecule has 1 aromatic rings. The van der Waals surface area contributed by atoms with Crippen LogP contribution in [0.5, 0.6) is 0 Å². The first-order valence-corrected chi connectivity index (χ1v) is 7.67. The monoisotopic (exact) mass is 276 g/mol. The predicted molar refractivity (Wildman–Crippen MR) is 79.1 cm³/mol. The van der Waals surface area contributed by atoms with Gasteiger partial charge in [-0.05, 0) is 31.7 Å². The third kappa shape index (κ3) is 3.82. The Bertz CT molecular complexity index is 492. The normalized spacial score (nSPS) is 16.7. The van der Waals surface area contributed by atoms with E-state index < -0.39 is 0 Å². The van der Waals surface area contributed by atoms with Crippen molar-refractivity contribution in [2.75, 3.05) is 6.54 Å². The van der Waals surface area contributed by atoms with Crippen LogP contribution in [0.15, 0.2) is 11.4 Å². The summed E-state index contributed by atoms with van der Waals surface area (Å²) in [6.45, 7) is 2.45. The van der Waals surface area contributed by atoms with E-state index in [0.717, 1.165) is 4.88 Å². The molecule has 0 radical (unpaired) electrons. The van der Waals surface area contributed by atoms with Gasteiger partial charge in [0.1, 0.15) is 0 Å². The summed E-state index contributed by atoms with van der Waals surface area (Å²) in [6, 6.07) is 2.10. The Hall–Kier alpha value is -1.31. The van der Waals surface area contributed by atoms with Crippen molar-refractivity contribution in [3.8, 4) is 11.8 Å². The molecule has 1 aromatic heterocycles. The van der Waals surface area contributed by atoms with E-state index in [1.54, 1.807) is 0 Å². The summed E-state index contributed by atoms with van der Waals surface area (Å²) >= 11 is 1.49. The Morgan fingerprint density at radius 1 is 1.58 bits per heavy atom. The number of rotatable bonds is 3. The average molecular weight is 276 g/mol. The molecular weight excluding hydrogens is 256 g/mol. The van der Waals surface area contributed by atoms with Gasteiger partial charge in [0.2, 0.25) is 0 Å². The number of hydrogen-bond donors (Lipinski definition) is 2. The fourth-order valence-electron chi connectivity index (χ4n) is 2.52. The molecule has 1 aliphatic rings. The molecule has 19 heavy (non-hydrogen) atoms. The lowest BCUT2D eigenvalue weighted by molar-refractivity contribution is 0.0927. The third-order valence-corrected chi connectivity index (χ3v) is 4.49.